The van der Waals surface area contributed by atoms with Crippen molar-refractivity contribution in [3.05, 3.63) is 41.5 Å². The zero-order chi connectivity index (χ0) is 16.1. The third kappa shape index (κ3) is 4.33. The van der Waals surface area contributed by atoms with Gasteiger partial charge in [0.25, 0.3) is 0 Å². The van der Waals surface area contributed by atoms with Crippen LogP contribution in [0.2, 0.25) is 0 Å². The fraction of sp³-hybridized carbons (Fsp3) is 0.579. The topological polar surface area (TPSA) is 35.5 Å². The molecule has 2 unspecified atom stereocenters. The maximum atomic E-state index is 12.1. The normalized spacial score (nSPS) is 22.8. The minimum atomic E-state index is -0.420. The van der Waals surface area contributed by atoms with E-state index in [9.17, 15) is 4.79 Å². The number of rotatable bonds is 5. The van der Waals surface area contributed by atoms with Crippen LogP contribution in [0.25, 0.3) is 0 Å². The second-order valence-corrected chi connectivity index (χ2v) is 6.71. The first kappa shape index (κ1) is 17.0. The smallest absolute Gasteiger partial charge is 0.292 e. The molecule has 1 fully saturated rings. The Balaban J connectivity index is 1.93. The Morgan fingerprint density at radius 3 is 2.50 bits per heavy atom. The fourth-order valence-electron chi connectivity index (χ4n) is 3.04. The molecule has 1 aliphatic carbocycles. The van der Waals surface area contributed by atoms with Gasteiger partial charge in [-0.25, -0.2) is 4.79 Å². The van der Waals surface area contributed by atoms with Gasteiger partial charge in [-0.15, -0.1) is 0 Å². The van der Waals surface area contributed by atoms with Crippen molar-refractivity contribution in [3.63, 3.8) is 0 Å². The van der Waals surface area contributed by atoms with Crippen LogP contribution in [-0.2, 0) is 16.2 Å². The molecule has 2 atom stereocenters. The highest BCUT2D eigenvalue weighted by Crippen LogP contribution is 2.40. The number of carbonyl (C=O) groups excluding carboxylic acids is 1. The molecular weight excluding hydrogens is 276 g/mol. The second-order valence-electron chi connectivity index (χ2n) is 6.71. The van der Waals surface area contributed by atoms with E-state index >= 15 is 0 Å². The Labute approximate surface area is 133 Å². The van der Waals surface area contributed by atoms with Gasteiger partial charge < -0.3 is 0 Å². The van der Waals surface area contributed by atoms with Gasteiger partial charge in [-0.2, -0.15) is 4.89 Å². The zero-order valence-corrected chi connectivity index (χ0v) is 14.1. The first-order valence-corrected chi connectivity index (χ1v) is 8.34. The molecule has 2 rings (SSSR count). The van der Waals surface area contributed by atoms with Crippen LogP contribution in [0.5, 0.6) is 0 Å². The van der Waals surface area contributed by atoms with E-state index in [1.165, 1.54) is 12.0 Å². The summed E-state index contributed by atoms with van der Waals surface area (Å²) in [6.45, 7) is 8.68. The van der Waals surface area contributed by atoms with E-state index in [0.717, 1.165) is 25.4 Å². The summed E-state index contributed by atoms with van der Waals surface area (Å²) >= 11 is 0. The van der Waals surface area contributed by atoms with Gasteiger partial charge in [0.05, 0.1) is 5.56 Å². The average Bonchev–Trinajstić information content (AvgIpc) is 2.52. The molecule has 3 nitrogen and oxygen atoms in total. The average molecular weight is 303 g/mol. The van der Waals surface area contributed by atoms with Crippen molar-refractivity contribution in [2.75, 3.05) is 0 Å². The van der Waals surface area contributed by atoms with E-state index < -0.39 is 5.97 Å². The van der Waals surface area contributed by atoms with Crippen LogP contribution in [0.4, 0.5) is 0 Å². The quantitative estimate of drug-likeness (QED) is 0.569. The summed E-state index contributed by atoms with van der Waals surface area (Å²) in [5, 5.41) is 0. The lowest BCUT2D eigenvalue weighted by Crippen LogP contribution is -2.28. The van der Waals surface area contributed by atoms with E-state index in [0.29, 0.717) is 23.3 Å². The van der Waals surface area contributed by atoms with Crippen LogP contribution in [0.3, 0.4) is 0 Å². The van der Waals surface area contributed by atoms with Crippen molar-refractivity contribution in [3.8, 4) is 0 Å². The molecule has 1 aromatic rings. The van der Waals surface area contributed by atoms with Gasteiger partial charge in [-0.1, -0.05) is 46.2 Å². The van der Waals surface area contributed by atoms with Crippen LogP contribution >= 0.6 is 0 Å². The number of hydrogen-bond donors (Lipinski definition) is 0. The van der Waals surface area contributed by atoms with Crippen LogP contribution in [0.15, 0.2) is 24.3 Å². The van der Waals surface area contributed by atoms with Crippen molar-refractivity contribution in [2.24, 2.45) is 17.8 Å². The molecule has 1 radical (unpaired) electrons. The van der Waals surface area contributed by atoms with Crippen LogP contribution < -0.4 is 0 Å². The second kappa shape index (κ2) is 7.77. The number of hydrogen-bond acceptors (Lipinski definition) is 3. The van der Waals surface area contributed by atoms with Crippen LogP contribution in [0.1, 0.15) is 62.9 Å². The molecule has 1 saturated carbocycles. The molecule has 0 aromatic heterocycles. The van der Waals surface area contributed by atoms with Crippen molar-refractivity contribution in [1.29, 1.82) is 0 Å². The predicted octanol–water partition coefficient (Wildman–Crippen LogP) is 4.96. The van der Waals surface area contributed by atoms with Gasteiger partial charge in [0.2, 0.25) is 0 Å². The van der Waals surface area contributed by atoms with Crippen molar-refractivity contribution in [2.45, 2.75) is 53.4 Å². The molecule has 0 aliphatic heterocycles. The van der Waals surface area contributed by atoms with E-state index in [-0.39, 0.29) is 0 Å². The van der Waals surface area contributed by atoms with Gasteiger partial charge in [-0.3, -0.25) is 4.89 Å². The Morgan fingerprint density at radius 2 is 1.91 bits per heavy atom. The maximum Gasteiger partial charge on any atom is 0.373 e. The number of carbonyl (C=O) groups is 1. The van der Waals surface area contributed by atoms with Crippen molar-refractivity contribution in [1.82, 2.24) is 0 Å². The fourth-order valence-corrected chi connectivity index (χ4v) is 3.04. The Morgan fingerprint density at radius 1 is 1.23 bits per heavy atom. The van der Waals surface area contributed by atoms with Crippen LogP contribution in [0, 0.1) is 23.9 Å². The van der Waals surface area contributed by atoms with E-state index in [1.807, 2.05) is 12.1 Å². The molecule has 121 valence electrons. The summed E-state index contributed by atoms with van der Waals surface area (Å²) in [4.78, 5) is 22.6. The lowest BCUT2D eigenvalue weighted by Gasteiger charge is -2.34. The summed E-state index contributed by atoms with van der Waals surface area (Å²) in [5.41, 5.74) is 1.73. The number of aryl methyl sites for hydroxylation is 1. The van der Waals surface area contributed by atoms with E-state index in [2.05, 4.69) is 27.7 Å². The minimum Gasteiger partial charge on any atom is -0.292 e. The van der Waals surface area contributed by atoms with Crippen molar-refractivity contribution < 1.29 is 14.6 Å². The maximum absolute atomic E-state index is 12.1. The zero-order valence-electron chi connectivity index (χ0n) is 14.1. The predicted molar refractivity (Wildman–Crippen MR) is 86.9 cm³/mol. The molecule has 1 aromatic carbocycles. The van der Waals surface area contributed by atoms with E-state index in [4.69, 9.17) is 9.78 Å². The Hall–Kier alpha value is -1.35. The Bertz CT molecular complexity index is 478. The molecule has 0 bridgehead atoms. The van der Waals surface area contributed by atoms with Gasteiger partial charge in [-0.05, 0) is 54.7 Å². The van der Waals surface area contributed by atoms with Gasteiger partial charge in [0.1, 0.15) is 0 Å². The highest BCUT2D eigenvalue weighted by molar-refractivity contribution is 5.88. The molecule has 0 N–H and O–H groups in total. The standard InChI is InChI=1S/C19H27O3/c1-5-15-7-9-16(10-8-15)19(20)22-21-18-12-14(4)6-11-17(18)13(2)3/h7-10,13-14,17H,5-6,11-12H2,1-4H3. The van der Waals surface area contributed by atoms with Gasteiger partial charge in [0, 0.05) is 0 Å². The molecule has 1 aliphatic rings. The molecule has 0 heterocycles. The van der Waals surface area contributed by atoms with Crippen molar-refractivity contribution >= 4 is 5.97 Å². The summed E-state index contributed by atoms with van der Waals surface area (Å²) < 4.78 is 0. The first-order valence-electron chi connectivity index (χ1n) is 8.34. The van der Waals surface area contributed by atoms with Gasteiger partial charge >= 0.3 is 5.97 Å². The molecule has 0 saturated heterocycles. The molecule has 3 heteroatoms. The van der Waals surface area contributed by atoms with Gasteiger partial charge in [0.15, 0.2) is 6.10 Å². The number of benzene rings is 1. The third-order valence-corrected chi connectivity index (χ3v) is 4.56. The lowest BCUT2D eigenvalue weighted by atomic mass is 9.75. The molecule has 0 spiro atoms. The SMILES string of the molecule is CCc1ccc(C(=O)OO[C]2CC(C)CCC2C(C)C)cc1. The monoisotopic (exact) mass is 303 g/mol. The lowest BCUT2D eigenvalue weighted by molar-refractivity contribution is -0.251. The van der Waals surface area contributed by atoms with E-state index in [1.54, 1.807) is 12.1 Å². The highest BCUT2D eigenvalue weighted by Gasteiger charge is 2.34. The summed E-state index contributed by atoms with van der Waals surface area (Å²) in [6.07, 6.45) is 5.08. The summed E-state index contributed by atoms with van der Waals surface area (Å²) in [5.74, 6) is 1.06. The molecule has 22 heavy (non-hydrogen) atoms. The molecule has 0 amide bonds. The minimum absolute atomic E-state index is 0.381. The first-order chi connectivity index (χ1) is 10.5. The van der Waals surface area contributed by atoms with Crippen LogP contribution in [-0.4, -0.2) is 5.97 Å². The largest absolute Gasteiger partial charge is 0.373 e. The molecular formula is C19H27O3. The third-order valence-electron chi connectivity index (χ3n) is 4.56. The highest BCUT2D eigenvalue weighted by atomic mass is 17.2. The Kier molecular flexibility index (Phi) is 6.01. The summed E-state index contributed by atoms with van der Waals surface area (Å²) in [6, 6.07) is 7.48. The summed E-state index contributed by atoms with van der Waals surface area (Å²) in [7, 11) is 0.